The molecular weight excluding hydrogens is 544 g/mol. The minimum absolute atomic E-state index is 0.128. The molecular formula is C32H44O10. The number of aliphatic hydroxyl groups excluding tert-OH is 1. The van der Waals surface area contributed by atoms with Gasteiger partial charge >= 0.3 is 11.9 Å². The molecule has 3 heterocycles. The zero-order chi connectivity index (χ0) is 30.9. The van der Waals surface area contributed by atoms with Crippen LogP contribution in [0.3, 0.4) is 0 Å². The molecule has 2 saturated carbocycles. The molecule has 232 valence electrons. The zero-order valence-electron chi connectivity index (χ0n) is 26.0. The SMILES string of the molecule is CC(=O)O[C@@H]1C[C@H](C(C)(C)O)O[C@@H]2CC[C@]3(C)OC4=C(C(=O)C=C5[C@H](C)[C@H](OC(C)=O)[C@]6(C)[C@H](C)O[C@@]546)[C@H](O)[C@H]3[C@]12C. The molecule has 10 heteroatoms. The van der Waals surface area contributed by atoms with Gasteiger partial charge in [-0.15, -0.1) is 0 Å². The van der Waals surface area contributed by atoms with E-state index in [0.29, 0.717) is 24.2 Å². The molecule has 0 bridgehead atoms. The standard InChI is InChI=1S/C32H44O10/c1-14-18-12-19(35)23-24(36)25-29(7,42-27(23)32(18)31(9,15(2)41-32)26(14)39-17(4)34)11-10-20-30(25,8)22(38-16(3)33)13-21(40-20)28(5,6)37/h12,14-15,20-22,24-26,36-37H,10-11,13H2,1-9H3/t14-,15-,20+,21+,22+,24-,25+,26-,29-,30-,31-,32-/m0/s1. The number of rotatable bonds is 3. The number of aliphatic hydroxyl groups is 2. The van der Waals surface area contributed by atoms with Gasteiger partial charge in [-0.2, -0.15) is 0 Å². The van der Waals surface area contributed by atoms with Crippen molar-refractivity contribution in [1.29, 1.82) is 0 Å². The van der Waals surface area contributed by atoms with E-state index in [9.17, 15) is 24.6 Å². The van der Waals surface area contributed by atoms with E-state index in [1.165, 1.54) is 19.9 Å². The summed E-state index contributed by atoms with van der Waals surface area (Å²) in [6.45, 7) is 15.8. The molecule has 42 heavy (non-hydrogen) atoms. The van der Waals surface area contributed by atoms with E-state index in [1.807, 2.05) is 34.6 Å². The van der Waals surface area contributed by atoms with Crippen LogP contribution in [0.5, 0.6) is 0 Å². The Labute approximate surface area is 246 Å². The van der Waals surface area contributed by atoms with Crippen molar-refractivity contribution in [3.05, 3.63) is 23.0 Å². The van der Waals surface area contributed by atoms with Crippen LogP contribution in [-0.2, 0) is 38.1 Å². The Hall–Kier alpha value is -2.27. The summed E-state index contributed by atoms with van der Waals surface area (Å²) in [5.41, 5.74) is -4.17. The maximum absolute atomic E-state index is 13.9. The van der Waals surface area contributed by atoms with Gasteiger partial charge in [-0.05, 0) is 59.1 Å². The number of carbonyl (C=O) groups excluding carboxylic acids is 3. The topological polar surface area (TPSA) is 138 Å². The predicted molar refractivity (Wildman–Crippen MR) is 148 cm³/mol. The first kappa shape index (κ1) is 29.8. The molecule has 3 aliphatic carbocycles. The van der Waals surface area contributed by atoms with Crippen LogP contribution >= 0.6 is 0 Å². The molecule has 6 rings (SSSR count). The van der Waals surface area contributed by atoms with Crippen LogP contribution in [0.25, 0.3) is 0 Å². The molecule has 1 spiro atoms. The van der Waals surface area contributed by atoms with Crippen molar-refractivity contribution in [3.8, 4) is 0 Å². The molecule has 12 atom stereocenters. The summed E-state index contributed by atoms with van der Waals surface area (Å²) in [5, 5.41) is 23.2. The van der Waals surface area contributed by atoms with Crippen LogP contribution in [0.15, 0.2) is 23.0 Å². The van der Waals surface area contributed by atoms with E-state index in [0.717, 1.165) is 0 Å². The molecule has 0 radical (unpaired) electrons. The van der Waals surface area contributed by atoms with Gasteiger partial charge < -0.3 is 33.9 Å². The summed E-state index contributed by atoms with van der Waals surface area (Å²) in [6, 6.07) is 0. The minimum atomic E-state index is -1.28. The summed E-state index contributed by atoms with van der Waals surface area (Å²) in [6.07, 6.45) is -1.16. The molecule has 2 N–H and O–H groups in total. The Balaban J connectivity index is 1.49. The third kappa shape index (κ3) is 3.49. The van der Waals surface area contributed by atoms with Crippen molar-refractivity contribution in [3.63, 3.8) is 0 Å². The number of allylic oxidation sites excluding steroid dienone is 1. The number of carbonyl (C=O) groups is 3. The van der Waals surface area contributed by atoms with Crippen LogP contribution in [0, 0.1) is 22.7 Å². The van der Waals surface area contributed by atoms with Crippen LogP contribution in [0.2, 0.25) is 0 Å². The summed E-state index contributed by atoms with van der Waals surface area (Å²) in [5.74, 6) is -1.95. The van der Waals surface area contributed by atoms with E-state index < -0.39 is 76.0 Å². The minimum Gasteiger partial charge on any atom is -0.487 e. The molecule has 0 aromatic heterocycles. The van der Waals surface area contributed by atoms with Crippen molar-refractivity contribution >= 4 is 17.7 Å². The van der Waals surface area contributed by atoms with Gasteiger partial charge in [-0.1, -0.05) is 13.8 Å². The lowest BCUT2D eigenvalue weighted by atomic mass is 9.50. The average molecular weight is 589 g/mol. The van der Waals surface area contributed by atoms with Crippen molar-refractivity contribution in [1.82, 2.24) is 0 Å². The number of ether oxygens (including phenoxy) is 5. The lowest BCUT2D eigenvalue weighted by molar-refractivity contribution is -0.324. The number of fused-ring (bicyclic) bond motifs is 3. The van der Waals surface area contributed by atoms with Crippen molar-refractivity contribution in [2.75, 3.05) is 0 Å². The Morgan fingerprint density at radius 3 is 2.31 bits per heavy atom. The average Bonchev–Trinajstić information content (AvgIpc) is 2.99. The normalized spacial score (nSPS) is 49.2. The van der Waals surface area contributed by atoms with Gasteiger partial charge in [0.2, 0.25) is 0 Å². The molecule has 0 unspecified atom stereocenters. The molecule has 6 aliphatic rings. The maximum atomic E-state index is 13.9. The van der Waals surface area contributed by atoms with Crippen molar-refractivity contribution < 1.29 is 48.3 Å². The van der Waals surface area contributed by atoms with Gasteiger partial charge in [-0.3, -0.25) is 14.4 Å². The fraction of sp³-hybridized carbons (Fsp3) is 0.781. The molecule has 10 nitrogen and oxygen atoms in total. The van der Waals surface area contributed by atoms with Gasteiger partial charge in [-0.25, -0.2) is 0 Å². The van der Waals surface area contributed by atoms with Gasteiger partial charge in [0.25, 0.3) is 0 Å². The molecule has 3 aliphatic heterocycles. The second-order valence-corrected chi connectivity index (χ2v) is 14.6. The molecule has 2 saturated heterocycles. The molecule has 0 aromatic rings. The summed E-state index contributed by atoms with van der Waals surface area (Å²) in [7, 11) is 0. The second kappa shape index (κ2) is 8.89. The monoisotopic (exact) mass is 588 g/mol. The number of ketones is 1. The third-order valence-corrected chi connectivity index (χ3v) is 11.7. The summed E-state index contributed by atoms with van der Waals surface area (Å²) < 4.78 is 31.8. The van der Waals surface area contributed by atoms with E-state index in [4.69, 9.17) is 23.7 Å². The van der Waals surface area contributed by atoms with Crippen LogP contribution in [-0.4, -0.2) is 81.4 Å². The van der Waals surface area contributed by atoms with Crippen LogP contribution in [0.1, 0.15) is 81.6 Å². The highest BCUT2D eigenvalue weighted by molar-refractivity contribution is 6.08. The highest BCUT2D eigenvalue weighted by Crippen LogP contribution is 2.72. The van der Waals surface area contributed by atoms with Gasteiger partial charge in [0.05, 0.1) is 41.0 Å². The number of hydrogen-bond donors (Lipinski definition) is 2. The fourth-order valence-electron chi connectivity index (χ4n) is 9.64. The predicted octanol–water partition coefficient (Wildman–Crippen LogP) is 2.92. The van der Waals surface area contributed by atoms with Crippen LogP contribution in [0.4, 0.5) is 0 Å². The Kier molecular flexibility index (Phi) is 6.31. The van der Waals surface area contributed by atoms with E-state index in [1.54, 1.807) is 13.8 Å². The molecule has 0 amide bonds. The highest BCUT2D eigenvalue weighted by Gasteiger charge is 2.81. The van der Waals surface area contributed by atoms with E-state index in [2.05, 4.69) is 0 Å². The smallest absolute Gasteiger partial charge is 0.302 e. The molecule has 4 fully saturated rings. The zero-order valence-corrected chi connectivity index (χ0v) is 26.0. The van der Waals surface area contributed by atoms with Gasteiger partial charge in [0.1, 0.15) is 23.6 Å². The Morgan fingerprint density at radius 1 is 1.10 bits per heavy atom. The lowest BCUT2D eigenvalue weighted by Gasteiger charge is -2.66. The summed E-state index contributed by atoms with van der Waals surface area (Å²) >= 11 is 0. The third-order valence-electron chi connectivity index (χ3n) is 11.7. The molecule has 0 aromatic carbocycles. The number of esters is 2. The van der Waals surface area contributed by atoms with Crippen molar-refractivity contribution in [2.24, 2.45) is 22.7 Å². The van der Waals surface area contributed by atoms with Gasteiger partial charge in [0, 0.05) is 37.5 Å². The van der Waals surface area contributed by atoms with E-state index in [-0.39, 0.29) is 29.8 Å². The first-order chi connectivity index (χ1) is 19.3. The quantitative estimate of drug-likeness (QED) is 0.474. The maximum Gasteiger partial charge on any atom is 0.302 e. The van der Waals surface area contributed by atoms with Crippen LogP contribution < -0.4 is 0 Å². The lowest BCUT2D eigenvalue weighted by Crippen LogP contribution is -2.74. The Bertz CT molecular complexity index is 1310. The van der Waals surface area contributed by atoms with E-state index >= 15 is 0 Å². The summed E-state index contributed by atoms with van der Waals surface area (Å²) in [4.78, 5) is 38.4. The second-order valence-electron chi connectivity index (χ2n) is 14.6. The first-order valence-electron chi connectivity index (χ1n) is 15.1. The highest BCUT2D eigenvalue weighted by atomic mass is 16.6. The number of hydrogen-bond acceptors (Lipinski definition) is 10. The Morgan fingerprint density at radius 2 is 1.74 bits per heavy atom. The van der Waals surface area contributed by atoms with Gasteiger partial charge in [0.15, 0.2) is 11.4 Å². The largest absolute Gasteiger partial charge is 0.487 e. The first-order valence-corrected chi connectivity index (χ1v) is 15.1. The van der Waals surface area contributed by atoms with Crippen molar-refractivity contribution in [2.45, 2.75) is 135 Å². The fourth-order valence-corrected chi connectivity index (χ4v) is 9.64.